The van der Waals surface area contributed by atoms with Gasteiger partial charge >= 0.3 is 0 Å². The first-order valence-corrected chi connectivity index (χ1v) is 5.87. The fourth-order valence-electron chi connectivity index (χ4n) is 1.47. The molecule has 0 aliphatic carbocycles. The molecule has 15 heavy (non-hydrogen) atoms. The van der Waals surface area contributed by atoms with E-state index in [1.54, 1.807) is 0 Å². The molecule has 1 aromatic carbocycles. The second-order valence-electron chi connectivity index (χ2n) is 4.10. The van der Waals surface area contributed by atoms with Crippen molar-refractivity contribution in [2.24, 2.45) is 0 Å². The molecule has 0 fully saturated rings. The predicted molar refractivity (Wildman–Crippen MR) is 69.4 cm³/mol. The first-order valence-electron chi connectivity index (χ1n) is 5.87. The predicted octanol–water partition coefficient (Wildman–Crippen LogP) is 3.60. The largest absolute Gasteiger partial charge is 0.320 e. The van der Waals surface area contributed by atoms with Crippen LogP contribution in [0.5, 0.6) is 0 Å². The zero-order valence-corrected chi connectivity index (χ0v) is 10.8. The van der Waals surface area contributed by atoms with E-state index in [1.165, 1.54) is 12.0 Å². The van der Waals surface area contributed by atoms with Crippen LogP contribution in [0.15, 0.2) is 30.3 Å². The van der Waals surface area contributed by atoms with Crippen molar-refractivity contribution in [3.63, 3.8) is 0 Å². The summed E-state index contributed by atoms with van der Waals surface area (Å²) in [6.45, 7) is 9.65. The SMILES string of the molecule is CC.CNCCC(C)(C)c1ccccc1. The first-order chi connectivity index (χ1) is 7.17. The molecule has 0 bridgehead atoms. The van der Waals surface area contributed by atoms with Gasteiger partial charge in [-0.05, 0) is 31.0 Å². The third kappa shape index (κ3) is 4.98. The van der Waals surface area contributed by atoms with Gasteiger partial charge in [0.15, 0.2) is 0 Å². The number of rotatable bonds is 4. The lowest BCUT2D eigenvalue weighted by Gasteiger charge is -2.25. The summed E-state index contributed by atoms with van der Waals surface area (Å²) in [4.78, 5) is 0. The van der Waals surface area contributed by atoms with Gasteiger partial charge in [0.05, 0.1) is 0 Å². The molecule has 0 aliphatic heterocycles. The molecule has 0 aromatic heterocycles. The maximum atomic E-state index is 3.19. The number of hydrogen-bond acceptors (Lipinski definition) is 1. The van der Waals surface area contributed by atoms with E-state index in [0.717, 1.165) is 6.54 Å². The molecule has 0 atom stereocenters. The summed E-state index contributed by atoms with van der Waals surface area (Å²) < 4.78 is 0. The second-order valence-corrected chi connectivity index (χ2v) is 4.10. The average Bonchev–Trinajstić information content (AvgIpc) is 2.30. The Morgan fingerprint density at radius 3 is 2.07 bits per heavy atom. The number of hydrogen-bond donors (Lipinski definition) is 1. The summed E-state index contributed by atoms with van der Waals surface area (Å²) in [5.41, 5.74) is 1.70. The van der Waals surface area contributed by atoms with Gasteiger partial charge < -0.3 is 5.32 Å². The monoisotopic (exact) mass is 207 g/mol. The van der Waals surface area contributed by atoms with E-state index in [4.69, 9.17) is 0 Å². The minimum Gasteiger partial charge on any atom is -0.320 e. The lowest BCUT2D eigenvalue weighted by molar-refractivity contribution is 0.469. The van der Waals surface area contributed by atoms with Gasteiger partial charge in [0.2, 0.25) is 0 Å². The van der Waals surface area contributed by atoms with Crippen molar-refractivity contribution in [3.8, 4) is 0 Å². The van der Waals surface area contributed by atoms with Crippen LogP contribution in [-0.4, -0.2) is 13.6 Å². The van der Waals surface area contributed by atoms with E-state index in [0.29, 0.717) is 0 Å². The summed E-state index contributed by atoms with van der Waals surface area (Å²) in [6.07, 6.45) is 1.17. The van der Waals surface area contributed by atoms with Crippen LogP contribution >= 0.6 is 0 Å². The molecule has 1 heteroatoms. The summed E-state index contributed by atoms with van der Waals surface area (Å²) in [5.74, 6) is 0. The topological polar surface area (TPSA) is 12.0 Å². The van der Waals surface area contributed by atoms with E-state index in [1.807, 2.05) is 20.9 Å². The molecule has 1 rings (SSSR count). The Morgan fingerprint density at radius 2 is 1.60 bits per heavy atom. The molecule has 1 N–H and O–H groups in total. The molecule has 0 unspecified atom stereocenters. The molecule has 0 saturated heterocycles. The summed E-state index contributed by atoms with van der Waals surface area (Å²) in [7, 11) is 2.00. The van der Waals surface area contributed by atoms with Gasteiger partial charge in [-0.1, -0.05) is 58.0 Å². The van der Waals surface area contributed by atoms with Crippen LogP contribution < -0.4 is 5.32 Å². The van der Waals surface area contributed by atoms with Crippen LogP contribution in [0.2, 0.25) is 0 Å². The van der Waals surface area contributed by atoms with Crippen LogP contribution in [0.3, 0.4) is 0 Å². The van der Waals surface area contributed by atoms with Gasteiger partial charge in [-0.2, -0.15) is 0 Å². The van der Waals surface area contributed by atoms with E-state index >= 15 is 0 Å². The van der Waals surface area contributed by atoms with Gasteiger partial charge in [-0.15, -0.1) is 0 Å². The Labute approximate surface area is 94.9 Å². The summed E-state index contributed by atoms with van der Waals surface area (Å²) >= 11 is 0. The highest BCUT2D eigenvalue weighted by Gasteiger charge is 2.18. The van der Waals surface area contributed by atoms with Crippen molar-refractivity contribution in [3.05, 3.63) is 35.9 Å². The Morgan fingerprint density at radius 1 is 1.07 bits per heavy atom. The molecular formula is C14H25N. The van der Waals surface area contributed by atoms with Crippen molar-refractivity contribution in [2.45, 2.75) is 39.5 Å². The highest BCUT2D eigenvalue weighted by molar-refractivity contribution is 5.23. The second kappa shape index (κ2) is 7.47. The minimum absolute atomic E-state index is 0.282. The van der Waals surface area contributed by atoms with E-state index in [2.05, 4.69) is 49.5 Å². The third-order valence-corrected chi connectivity index (χ3v) is 2.56. The highest BCUT2D eigenvalue weighted by atomic mass is 14.8. The van der Waals surface area contributed by atoms with Crippen LogP contribution in [0, 0.1) is 0 Å². The fraction of sp³-hybridized carbons (Fsp3) is 0.571. The Hall–Kier alpha value is -0.820. The van der Waals surface area contributed by atoms with E-state index in [9.17, 15) is 0 Å². The van der Waals surface area contributed by atoms with Crippen molar-refractivity contribution in [1.82, 2.24) is 5.32 Å². The van der Waals surface area contributed by atoms with Crippen molar-refractivity contribution in [1.29, 1.82) is 0 Å². The average molecular weight is 207 g/mol. The summed E-state index contributed by atoms with van der Waals surface area (Å²) in [6, 6.07) is 10.7. The molecule has 0 amide bonds. The maximum absolute atomic E-state index is 3.19. The van der Waals surface area contributed by atoms with Crippen LogP contribution in [0.1, 0.15) is 39.7 Å². The molecule has 0 heterocycles. The van der Waals surface area contributed by atoms with Crippen molar-refractivity contribution >= 4 is 0 Å². The first kappa shape index (κ1) is 14.2. The quantitative estimate of drug-likeness (QED) is 0.795. The molecular weight excluding hydrogens is 182 g/mol. The summed E-state index contributed by atoms with van der Waals surface area (Å²) in [5, 5.41) is 3.19. The van der Waals surface area contributed by atoms with Crippen LogP contribution in [0.4, 0.5) is 0 Å². The van der Waals surface area contributed by atoms with E-state index in [-0.39, 0.29) is 5.41 Å². The van der Waals surface area contributed by atoms with Crippen LogP contribution in [-0.2, 0) is 5.41 Å². The minimum atomic E-state index is 0.282. The van der Waals surface area contributed by atoms with Gasteiger partial charge in [-0.3, -0.25) is 0 Å². The maximum Gasteiger partial charge on any atom is -0.00436 e. The lowest BCUT2D eigenvalue weighted by Crippen LogP contribution is -2.23. The molecule has 1 aromatic rings. The van der Waals surface area contributed by atoms with E-state index < -0.39 is 0 Å². The molecule has 0 saturated carbocycles. The fourth-order valence-corrected chi connectivity index (χ4v) is 1.47. The van der Waals surface area contributed by atoms with Gasteiger partial charge in [0, 0.05) is 0 Å². The molecule has 0 aliphatic rings. The van der Waals surface area contributed by atoms with Gasteiger partial charge in [0.1, 0.15) is 0 Å². The number of nitrogens with one attached hydrogen (secondary N) is 1. The van der Waals surface area contributed by atoms with Crippen molar-refractivity contribution in [2.75, 3.05) is 13.6 Å². The molecule has 86 valence electrons. The zero-order chi connectivity index (χ0) is 11.7. The van der Waals surface area contributed by atoms with Gasteiger partial charge in [0.25, 0.3) is 0 Å². The Balaban J connectivity index is 0.000000921. The standard InChI is InChI=1S/C12H19N.C2H6/c1-12(2,9-10-13-3)11-7-5-4-6-8-11;1-2/h4-8,13H,9-10H2,1-3H3;1-2H3. The molecule has 0 radical (unpaired) electrons. The smallest absolute Gasteiger partial charge is 0.00436 e. The Bertz CT molecular complexity index is 239. The molecule has 1 nitrogen and oxygen atoms in total. The zero-order valence-electron chi connectivity index (χ0n) is 10.8. The van der Waals surface area contributed by atoms with Crippen molar-refractivity contribution < 1.29 is 0 Å². The van der Waals surface area contributed by atoms with Gasteiger partial charge in [-0.25, -0.2) is 0 Å². The molecule has 0 spiro atoms. The number of benzene rings is 1. The highest BCUT2D eigenvalue weighted by Crippen LogP contribution is 2.25. The third-order valence-electron chi connectivity index (χ3n) is 2.56. The van der Waals surface area contributed by atoms with Crippen LogP contribution in [0.25, 0.3) is 0 Å². The Kier molecular flexibility index (Phi) is 7.06. The lowest BCUT2D eigenvalue weighted by atomic mass is 9.82. The normalized spacial score (nSPS) is 10.5.